The summed E-state index contributed by atoms with van der Waals surface area (Å²) in [6.45, 7) is 1.71. The number of aromatic nitrogens is 3. The topological polar surface area (TPSA) is 140 Å². The minimum Gasteiger partial charge on any atom is -0.497 e. The van der Waals surface area contributed by atoms with E-state index < -0.39 is 4.92 Å². The van der Waals surface area contributed by atoms with Gasteiger partial charge in [-0.05, 0) is 37.1 Å². The molecule has 1 aliphatic rings. The van der Waals surface area contributed by atoms with E-state index in [2.05, 4.69) is 35.7 Å². The molecule has 0 aliphatic carbocycles. The molecule has 34 heavy (non-hydrogen) atoms. The van der Waals surface area contributed by atoms with Crippen LogP contribution in [0.25, 0.3) is 0 Å². The molecule has 2 heterocycles. The lowest BCUT2D eigenvalue weighted by Crippen LogP contribution is -2.21. The van der Waals surface area contributed by atoms with Crippen LogP contribution < -0.4 is 25.1 Å². The lowest BCUT2D eigenvalue weighted by atomic mass is 10.2. The summed E-state index contributed by atoms with van der Waals surface area (Å²) in [5.74, 6) is 2.36. The van der Waals surface area contributed by atoms with Crippen molar-refractivity contribution >= 4 is 35.4 Å². The number of rotatable bonds is 9. The number of ether oxygens (including phenoxy) is 2. The van der Waals surface area contributed by atoms with Gasteiger partial charge in [0, 0.05) is 42.5 Å². The number of benzene rings is 2. The first kappa shape index (κ1) is 22.7. The molecule has 0 spiro atoms. The monoisotopic (exact) mass is 464 g/mol. The Morgan fingerprint density at radius 3 is 2.44 bits per heavy atom. The molecular weight excluding hydrogens is 440 g/mol. The molecule has 4 rings (SSSR count). The molecule has 2 N–H and O–H groups in total. The number of nitrogens with one attached hydrogen (secondary N) is 2. The average molecular weight is 464 g/mol. The van der Waals surface area contributed by atoms with Crippen molar-refractivity contribution in [1.82, 2.24) is 15.0 Å². The number of non-ortho nitro benzene ring substituents is 1. The van der Waals surface area contributed by atoms with Crippen LogP contribution in [0.2, 0.25) is 0 Å². The summed E-state index contributed by atoms with van der Waals surface area (Å²) in [4.78, 5) is 25.9. The van der Waals surface area contributed by atoms with Gasteiger partial charge >= 0.3 is 0 Å². The fourth-order valence-corrected chi connectivity index (χ4v) is 3.41. The highest BCUT2D eigenvalue weighted by Crippen LogP contribution is 2.24. The zero-order chi connectivity index (χ0) is 23.9. The number of hydrazone groups is 1. The van der Waals surface area contributed by atoms with Crippen molar-refractivity contribution in [3.8, 4) is 11.5 Å². The van der Waals surface area contributed by atoms with Crippen molar-refractivity contribution < 1.29 is 14.4 Å². The second-order valence-corrected chi connectivity index (χ2v) is 7.38. The molecule has 0 unspecified atom stereocenters. The third-order valence-electron chi connectivity index (χ3n) is 5.16. The number of methoxy groups -OCH3 is 2. The van der Waals surface area contributed by atoms with Crippen molar-refractivity contribution in [3.63, 3.8) is 0 Å². The van der Waals surface area contributed by atoms with E-state index in [0.29, 0.717) is 29.1 Å². The van der Waals surface area contributed by atoms with E-state index in [0.717, 1.165) is 31.5 Å². The molecule has 0 atom stereocenters. The molecule has 2 aromatic carbocycles. The molecule has 0 bridgehead atoms. The van der Waals surface area contributed by atoms with Gasteiger partial charge in [-0.25, -0.2) is 5.43 Å². The highest BCUT2D eigenvalue weighted by atomic mass is 16.6. The van der Waals surface area contributed by atoms with Crippen LogP contribution in [0.5, 0.6) is 11.5 Å². The summed E-state index contributed by atoms with van der Waals surface area (Å²) in [6, 6.07) is 11.4. The largest absolute Gasteiger partial charge is 0.497 e. The Balaban J connectivity index is 1.56. The number of anilines is 4. The fourth-order valence-electron chi connectivity index (χ4n) is 3.41. The summed E-state index contributed by atoms with van der Waals surface area (Å²) in [5, 5.41) is 18.2. The summed E-state index contributed by atoms with van der Waals surface area (Å²) in [5.41, 5.74) is 4.21. The summed E-state index contributed by atoms with van der Waals surface area (Å²) < 4.78 is 10.6. The van der Waals surface area contributed by atoms with E-state index in [-0.39, 0.29) is 11.6 Å². The summed E-state index contributed by atoms with van der Waals surface area (Å²) in [7, 11) is 3.16. The van der Waals surface area contributed by atoms with Crippen LogP contribution >= 0.6 is 0 Å². The van der Waals surface area contributed by atoms with Crippen LogP contribution in [0.1, 0.15) is 18.4 Å². The molecule has 1 fully saturated rings. The van der Waals surface area contributed by atoms with Gasteiger partial charge in [-0.2, -0.15) is 20.1 Å². The molecule has 176 valence electrons. The number of nitrogens with zero attached hydrogens (tertiary/aromatic N) is 6. The SMILES string of the molecule is COc1ccc(C=NNc2nc(Nc3ccc([N+](=O)[O-])cc3)nc(N3CCCC3)n2)c(OC)c1. The first-order chi connectivity index (χ1) is 16.6. The van der Waals surface area contributed by atoms with Gasteiger partial charge in [-0.3, -0.25) is 10.1 Å². The van der Waals surface area contributed by atoms with Gasteiger partial charge in [-0.15, -0.1) is 0 Å². The lowest BCUT2D eigenvalue weighted by molar-refractivity contribution is -0.384. The fraction of sp³-hybridized carbons (Fsp3) is 0.273. The highest BCUT2D eigenvalue weighted by Gasteiger charge is 2.18. The molecule has 0 saturated carbocycles. The van der Waals surface area contributed by atoms with Gasteiger partial charge in [0.1, 0.15) is 11.5 Å². The quantitative estimate of drug-likeness (QED) is 0.274. The zero-order valence-electron chi connectivity index (χ0n) is 18.8. The van der Waals surface area contributed by atoms with Crippen LogP contribution in [0, 0.1) is 10.1 Å². The van der Waals surface area contributed by atoms with Crippen molar-refractivity contribution in [2.75, 3.05) is 43.0 Å². The Morgan fingerprint density at radius 2 is 1.76 bits per heavy atom. The third-order valence-corrected chi connectivity index (χ3v) is 5.16. The van der Waals surface area contributed by atoms with E-state index in [4.69, 9.17) is 9.47 Å². The first-order valence-electron chi connectivity index (χ1n) is 10.6. The first-order valence-corrected chi connectivity index (χ1v) is 10.6. The van der Waals surface area contributed by atoms with Crippen LogP contribution in [-0.4, -0.2) is 53.4 Å². The van der Waals surface area contributed by atoms with Crippen molar-refractivity contribution in [2.45, 2.75) is 12.8 Å². The zero-order valence-corrected chi connectivity index (χ0v) is 18.8. The van der Waals surface area contributed by atoms with Crippen molar-refractivity contribution in [1.29, 1.82) is 0 Å². The molecule has 12 heteroatoms. The summed E-state index contributed by atoms with van der Waals surface area (Å²) >= 11 is 0. The molecule has 0 amide bonds. The average Bonchev–Trinajstić information content (AvgIpc) is 3.39. The van der Waals surface area contributed by atoms with Gasteiger partial charge < -0.3 is 19.7 Å². The van der Waals surface area contributed by atoms with Gasteiger partial charge in [0.05, 0.1) is 25.4 Å². The second kappa shape index (κ2) is 10.4. The smallest absolute Gasteiger partial charge is 0.269 e. The molecule has 3 aromatic rings. The maximum Gasteiger partial charge on any atom is 0.269 e. The molecular formula is C22H24N8O4. The van der Waals surface area contributed by atoms with Gasteiger partial charge in [0.25, 0.3) is 5.69 Å². The van der Waals surface area contributed by atoms with E-state index in [9.17, 15) is 10.1 Å². The van der Waals surface area contributed by atoms with E-state index >= 15 is 0 Å². The highest BCUT2D eigenvalue weighted by molar-refractivity contribution is 5.84. The van der Waals surface area contributed by atoms with Crippen molar-refractivity contribution in [2.24, 2.45) is 5.10 Å². The third kappa shape index (κ3) is 5.46. The van der Waals surface area contributed by atoms with Crippen LogP contribution in [-0.2, 0) is 0 Å². The maximum atomic E-state index is 10.9. The molecule has 0 radical (unpaired) electrons. The number of hydrogen-bond donors (Lipinski definition) is 2. The minimum atomic E-state index is -0.448. The predicted octanol–water partition coefficient (Wildman–Crippen LogP) is 3.59. The lowest BCUT2D eigenvalue weighted by Gasteiger charge is -2.16. The number of nitro benzene ring substituents is 1. The van der Waals surface area contributed by atoms with E-state index in [1.165, 1.54) is 12.1 Å². The second-order valence-electron chi connectivity index (χ2n) is 7.38. The molecule has 1 aliphatic heterocycles. The minimum absolute atomic E-state index is 0.00426. The predicted molar refractivity (Wildman–Crippen MR) is 128 cm³/mol. The summed E-state index contributed by atoms with van der Waals surface area (Å²) in [6.07, 6.45) is 3.73. The van der Waals surface area contributed by atoms with Crippen LogP contribution in [0.3, 0.4) is 0 Å². The Labute approximate surface area is 195 Å². The van der Waals surface area contributed by atoms with Gasteiger partial charge in [0.2, 0.25) is 17.8 Å². The Kier molecular flexibility index (Phi) is 6.96. The Hall–Kier alpha value is -4.48. The molecule has 12 nitrogen and oxygen atoms in total. The standard InChI is InChI=1S/C22H24N8O4/c1-33-18-10-5-15(19(13-18)34-2)14-23-28-21-25-20(26-22(27-21)29-11-3-4-12-29)24-16-6-8-17(9-7-16)30(31)32/h5-10,13-14H,3-4,11-12H2,1-2H3,(H2,24,25,26,27,28). The number of hydrogen-bond acceptors (Lipinski definition) is 11. The van der Waals surface area contributed by atoms with E-state index in [1.54, 1.807) is 38.6 Å². The normalized spacial score (nSPS) is 13.2. The molecule has 1 saturated heterocycles. The maximum absolute atomic E-state index is 10.9. The van der Waals surface area contributed by atoms with Crippen molar-refractivity contribution in [3.05, 3.63) is 58.1 Å². The number of nitro groups is 1. The van der Waals surface area contributed by atoms with Crippen LogP contribution in [0.15, 0.2) is 47.6 Å². The molecule has 1 aromatic heterocycles. The van der Waals surface area contributed by atoms with E-state index in [1.807, 2.05) is 12.1 Å². The van der Waals surface area contributed by atoms with Gasteiger partial charge in [-0.1, -0.05) is 0 Å². The Bertz CT molecular complexity index is 1180. The van der Waals surface area contributed by atoms with Crippen LogP contribution in [0.4, 0.5) is 29.2 Å². The van der Waals surface area contributed by atoms with Gasteiger partial charge in [0.15, 0.2) is 0 Å². The Morgan fingerprint density at radius 1 is 1.03 bits per heavy atom.